The molecule has 4 aromatic rings. The Labute approximate surface area is 188 Å². The average molecular weight is 452 g/mol. The van der Waals surface area contributed by atoms with E-state index in [0.717, 1.165) is 28.3 Å². The third-order valence-electron chi connectivity index (χ3n) is 4.44. The third-order valence-corrected chi connectivity index (χ3v) is 6.24. The molecule has 0 fully saturated rings. The lowest BCUT2D eigenvalue weighted by Crippen LogP contribution is -2.14. The van der Waals surface area contributed by atoms with Crippen molar-refractivity contribution < 1.29 is 9.53 Å². The number of nitrogens with zero attached hydrogens (tertiary/aromatic N) is 4. The first-order chi connectivity index (χ1) is 15.0. The molecule has 0 spiro atoms. The first-order valence-corrected chi connectivity index (χ1v) is 11.4. The summed E-state index contributed by atoms with van der Waals surface area (Å²) in [7, 11) is 1.63. The Hall–Kier alpha value is -3.17. The lowest BCUT2D eigenvalue weighted by Gasteiger charge is -2.11. The fourth-order valence-corrected chi connectivity index (χ4v) is 4.45. The highest BCUT2D eigenvalue weighted by Gasteiger charge is 2.18. The van der Waals surface area contributed by atoms with Gasteiger partial charge in [-0.15, -0.1) is 21.5 Å². The fraction of sp³-hybridized carbons (Fsp3) is 0.182. The van der Waals surface area contributed by atoms with Crippen LogP contribution in [-0.2, 0) is 4.79 Å². The molecular formula is C22H21N5O2S2. The van der Waals surface area contributed by atoms with E-state index in [-0.39, 0.29) is 11.7 Å². The van der Waals surface area contributed by atoms with Gasteiger partial charge in [-0.3, -0.25) is 9.36 Å². The van der Waals surface area contributed by atoms with Crippen molar-refractivity contribution in [3.8, 4) is 22.8 Å². The molecule has 0 aliphatic rings. The summed E-state index contributed by atoms with van der Waals surface area (Å²) >= 11 is 2.74. The van der Waals surface area contributed by atoms with Gasteiger partial charge in [0.25, 0.3) is 0 Å². The summed E-state index contributed by atoms with van der Waals surface area (Å²) < 4.78 is 7.24. The zero-order valence-electron chi connectivity index (χ0n) is 17.3. The predicted octanol–water partition coefficient (Wildman–Crippen LogP) is 4.75. The van der Waals surface area contributed by atoms with Crippen LogP contribution in [0, 0.1) is 13.8 Å². The minimum absolute atomic E-state index is 0.138. The van der Waals surface area contributed by atoms with E-state index in [1.165, 1.54) is 23.1 Å². The van der Waals surface area contributed by atoms with Gasteiger partial charge in [0.1, 0.15) is 5.75 Å². The van der Waals surface area contributed by atoms with Crippen LogP contribution in [0.4, 0.5) is 5.13 Å². The Bertz CT molecular complexity index is 1200. The number of hydrogen-bond acceptors (Lipinski definition) is 7. The molecule has 2 aromatic heterocycles. The van der Waals surface area contributed by atoms with Crippen molar-refractivity contribution >= 4 is 34.1 Å². The second kappa shape index (κ2) is 9.32. The summed E-state index contributed by atoms with van der Waals surface area (Å²) in [5.74, 6) is 1.54. The highest BCUT2D eigenvalue weighted by molar-refractivity contribution is 7.99. The predicted molar refractivity (Wildman–Crippen MR) is 124 cm³/mol. The number of thiazole rings is 1. The number of amides is 1. The molecule has 9 heteroatoms. The zero-order valence-corrected chi connectivity index (χ0v) is 19.0. The lowest BCUT2D eigenvalue weighted by atomic mass is 10.1. The molecule has 0 saturated carbocycles. The number of methoxy groups -OCH3 is 1. The molecule has 1 N–H and O–H groups in total. The molecule has 4 rings (SSSR count). The van der Waals surface area contributed by atoms with Gasteiger partial charge in [0.15, 0.2) is 16.1 Å². The van der Waals surface area contributed by atoms with E-state index in [0.29, 0.717) is 16.1 Å². The van der Waals surface area contributed by atoms with Gasteiger partial charge in [-0.2, -0.15) is 0 Å². The molecule has 2 heterocycles. The van der Waals surface area contributed by atoms with Gasteiger partial charge in [0, 0.05) is 16.6 Å². The van der Waals surface area contributed by atoms with Crippen LogP contribution >= 0.6 is 23.1 Å². The molecule has 158 valence electrons. The van der Waals surface area contributed by atoms with Crippen molar-refractivity contribution in [1.29, 1.82) is 0 Å². The van der Waals surface area contributed by atoms with Crippen LogP contribution in [0.3, 0.4) is 0 Å². The number of carbonyl (C=O) groups excluding carboxylic acids is 1. The fourth-order valence-electron chi connectivity index (χ4n) is 3.00. The van der Waals surface area contributed by atoms with Crippen molar-refractivity contribution in [2.45, 2.75) is 19.0 Å². The van der Waals surface area contributed by atoms with E-state index >= 15 is 0 Å². The van der Waals surface area contributed by atoms with E-state index in [4.69, 9.17) is 4.74 Å². The molecule has 0 atom stereocenters. The average Bonchev–Trinajstić information content (AvgIpc) is 3.38. The Morgan fingerprint density at radius 2 is 1.97 bits per heavy atom. The second-order valence-corrected chi connectivity index (χ2v) is 8.64. The molecule has 0 unspecified atom stereocenters. The quantitative estimate of drug-likeness (QED) is 0.409. The highest BCUT2D eigenvalue weighted by Crippen LogP contribution is 2.29. The van der Waals surface area contributed by atoms with Gasteiger partial charge in [-0.1, -0.05) is 35.5 Å². The number of anilines is 1. The topological polar surface area (TPSA) is 81.9 Å². The molecule has 2 aromatic carbocycles. The monoisotopic (exact) mass is 451 g/mol. The normalized spacial score (nSPS) is 10.8. The molecule has 1 amide bonds. The Kier molecular flexibility index (Phi) is 6.34. The van der Waals surface area contributed by atoms with Gasteiger partial charge in [0.05, 0.1) is 18.6 Å². The van der Waals surface area contributed by atoms with E-state index in [1.54, 1.807) is 7.11 Å². The number of benzene rings is 2. The van der Waals surface area contributed by atoms with Gasteiger partial charge >= 0.3 is 0 Å². The summed E-state index contributed by atoms with van der Waals surface area (Å²) in [5.41, 5.74) is 3.86. The van der Waals surface area contributed by atoms with Crippen molar-refractivity contribution in [1.82, 2.24) is 19.7 Å². The largest absolute Gasteiger partial charge is 0.497 e. The Morgan fingerprint density at radius 3 is 2.65 bits per heavy atom. The van der Waals surface area contributed by atoms with Crippen LogP contribution in [0.5, 0.6) is 5.75 Å². The maximum atomic E-state index is 12.4. The van der Waals surface area contributed by atoms with Gasteiger partial charge in [0.2, 0.25) is 5.91 Å². The standard InChI is InChI=1S/C22H21N5O2S2/c1-14-5-4-6-16(11-14)20-25-26-22(27(20)17-7-9-18(29-3)10-8-17)31-13-19(28)24-21-23-15(2)12-30-21/h4-12H,13H2,1-3H3,(H,23,24,28). The first-order valence-electron chi connectivity index (χ1n) is 9.55. The summed E-state index contributed by atoms with van der Waals surface area (Å²) in [6.07, 6.45) is 0. The van der Waals surface area contributed by atoms with Crippen LogP contribution in [0.15, 0.2) is 59.1 Å². The molecule has 0 saturated heterocycles. The van der Waals surface area contributed by atoms with Gasteiger partial charge in [-0.25, -0.2) is 4.98 Å². The van der Waals surface area contributed by atoms with Crippen molar-refractivity contribution in [3.05, 3.63) is 65.2 Å². The van der Waals surface area contributed by atoms with Gasteiger partial charge in [-0.05, 0) is 44.2 Å². The third kappa shape index (κ3) is 4.95. The SMILES string of the molecule is COc1ccc(-n2c(SCC(=O)Nc3nc(C)cs3)nnc2-c2cccc(C)c2)cc1. The second-order valence-electron chi connectivity index (χ2n) is 6.84. The summed E-state index contributed by atoms with van der Waals surface area (Å²) in [6.45, 7) is 3.93. The Balaban J connectivity index is 1.62. The summed E-state index contributed by atoms with van der Waals surface area (Å²) in [5, 5.41) is 14.8. The summed E-state index contributed by atoms with van der Waals surface area (Å²) in [6, 6.07) is 15.8. The van der Waals surface area contributed by atoms with E-state index in [9.17, 15) is 4.79 Å². The van der Waals surface area contributed by atoms with Crippen LogP contribution < -0.4 is 10.1 Å². The molecular weight excluding hydrogens is 430 g/mol. The molecule has 7 nitrogen and oxygen atoms in total. The number of hydrogen-bond donors (Lipinski definition) is 1. The molecule has 0 aliphatic heterocycles. The van der Waals surface area contributed by atoms with Crippen LogP contribution in [-0.4, -0.2) is 38.5 Å². The van der Waals surface area contributed by atoms with Crippen LogP contribution in [0.25, 0.3) is 17.1 Å². The van der Waals surface area contributed by atoms with Crippen molar-refractivity contribution in [2.75, 3.05) is 18.2 Å². The number of nitrogens with one attached hydrogen (secondary N) is 1. The number of thioether (sulfide) groups is 1. The van der Waals surface area contributed by atoms with E-state index < -0.39 is 0 Å². The number of ether oxygens (including phenoxy) is 1. The van der Waals surface area contributed by atoms with E-state index in [2.05, 4.69) is 26.6 Å². The lowest BCUT2D eigenvalue weighted by molar-refractivity contribution is -0.113. The number of aryl methyl sites for hydroxylation is 2. The maximum absolute atomic E-state index is 12.4. The van der Waals surface area contributed by atoms with Crippen molar-refractivity contribution in [2.24, 2.45) is 0 Å². The molecule has 0 radical (unpaired) electrons. The summed E-state index contributed by atoms with van der Waals surface area (Å²) in [4.78, 5) is 16.7. The Morgan fingerprint density at radius 1 is 1.16 bits per heavy atom. The minimum atomic E-state index is -0.138. The number of carbonyl (C=O) groups is 1. The zero-order chi connectivity index (χ0) is 21.8. The van der Waals surface area contributed by atoms with Gasteiger partial charge < -0.3 is 10.1 Å². The minimum Gasteiger partial charge on any atom is -0.497 e. The molecule has 31 heavy (non-hydrogen) atoms. The maximum Gasteiger partial charge on any atom is 0.236 e. The van der Waals surface area contributed by atoms with E-state index in [1.807, 2.05) is 66.3 Å². The smallest absolute Gasteiger partial charge is 0.236 e. The molecule has 0 bridgehead atoms. The van der Waals surface area contributed by atoms with Crippen LogP contribution in [0.1, 0.15) is 11.3 Å². The van der Waals surface area contributed by atoms with Crippen molar-refractivity contribution in [3.63, 3.8) is 0 Å². The number of aromatic nitrogens is 4. The highest BCUT2D eigenvalue weighted by atomic mass is 32.2. The molecule has 0 aliphatic carbocycles. The first kappa shape index (κ1) is 21.1. The van der Waals surface area contributed by atoms with Crippen LogP contribution in [0.2, 0.25) is 0 Å². The number of rotatable bonds is 7.